The average Bonchev–Trinajstić information content (AvgIpc) is 2.94. The van der Waals surface area contributed by atoms with E-state index >= 15 is 0 Å². The number of piperidine rings is 1. The molecule has 0 radical (unpaired) electrons. The van der Waals surface area contributed by atoms with E-state index in [-0.39, 0.29) is 30.1 Å². The zero-order chi connectivity index (χ0) is 17.9. The van der Waals surface area contributed by atoms with Gasteiger partial charge in [-0.25, -0.2) is 8.42 Å². The lowest BCUT2D eigenvalue weighted by Gasteiger charge is -2.32. The van der Waals surface area contributed by atoms with Gasteiger partial charge in [0.15, 0.2) is 9.84 Å². The molecule has 1 fully saturated rings. The van der Waals surface area contributed by atoms with Crippen molar-refractivity contribution < 1.29 is 22.7 Å². The van der Waals surface area contributed by atoms with E-state index < -0.39 is 9.84 Å². The quantitative estimate of drug-likeness (QED) is 0.798. The highest BCUT2D eigenvalue weighted by molar-refractivity contribution is 7.94. The topological polar surface area (TPSA) is 72.9 Å². The van der Waals surface area contributed by atoms with Crippen LogP contribution in [-0.2, 0) is 14.6 Å². The summed E-state index contributed by atoms with van der Waals surface area (Å²) >= 11 is 0. The molecule has 136 valence electrons. The van der Waals surface area contributed by atoms with Gasteiger partial charge in [-0.15, -0.1) is 0 Å². The van der Waals surface area contributed by atoms with E-state index in [1.807, 2.05) is 29.2 Å². The van der Waals surface area contributed by atoms with Gasteiger partial charge in [-0.1, -0.05) is 6.08 Å². The number of methoxy groups -OCH3 is 1. The number of nitrogens with zero attached hydrogens (tertiary/aromatic N) is 1. The van der Waals surface area contributed by atoms with E-state index in [1.165, 1.54) is 5.41 Å². The molecule has 2 aliphatic rings. The molecule has 0 unspecified atom stereocenters. The van der Waals surface area contributed by atoms with Gasteiger partial charge in [-0.2, -0.15) is 0 Å². The molecule has 0 aliphatic carbocycles. The largest absolute Gasteiger partial charge is 0.497 e. The standard InChI is InChI=1S/C18H23NO5S/c1-23-15-2-4-16(5-3-15)24-17-6-9-19(10-7-17)18(20)12-14-8-11-25(21,22)13-14/h2-5,8,11,14,17H,6-7,9-10,12-13H2,1H3/t14-/m1/s1. The van der Waals surface area contributed by atoms with Crippen LogP contribution in [0.25, 0.3) is 0 Å². The number of likely N-dealkylation sites (tertiary alicyclic amines) is 1. The molecule has 1 atom stereocenters. The third kappa shape index (κ3) is 4.75. The van der Waals surface area contributed by atoms with Crippen LogP contribution in [0.1, 0.15) is 19.3 Å². The smallest absolute Gasteiger partial charge is 0.223 e. The number of carbonyl (C=O) groups is 1. The number of sulfone groups is 1. The molecule has 0 spiro atoms. The molecule has 1 saturated heterocycles. The Kier molecular flexibility index (Phi) is 5.32. The maximum absolute atomic E-state index is 12.3. The van der Waals surface area contributed by atoms with Gasteiger partial charge in [-0.05, 0) is 24.3 Å². The summed E-state index contributed by atoms with van der Waals surface area (Å²) in [6.45, 7) is 1.28. The first-order chi connectivity index (χ1) is 11.9. The van der Waals surface area contributed by atoms with Gasteiger partial charge in [0, 0.05) is 43.7 Å². The molecular weight excluding hydrogens is 342 g/mol. The SMILES string of the molecule is COc1ccc(OC2CCN(C(=O)C[C@H]3C=CS(=O)(=O)C3)CC2)cc1. The third-order valence-corrected chi connectivity index (χ3v) is 6.06. The monoisotopic (exact) mass is 365 g/mol. The summed E-state index contributed by atoms with van der Waals surface area (Å²) in [6.07, 6.45) is 3.53. The average molecular weight is 365 g/mol. The Morgan fingerprint density at radius 1 is 1.16 bits per heavy atom. The van der Waals surface area contributed by atoms with Gasteiger partial charge in [0.05, 0.1) is 12.9 Å². The van der Waals surface area contributed by atoms with E-state index in [2.05, 4.69) is 0 Å². The summed E-state index contributed by atoms with van der Waals surface area (Å²) in [5.41, 5.74) is 0. The molecule has 0 aromatic heterocycles. The number of allylic oxidation sites excluding steroid dienone is 1. The Bertz CT molecular complexity index is 733. The fourth-order valence-electron chi connectivity index (χ4n) is 3.19. The Hall–Kier alpha value is -2.02. The van der Waals surface area contributed by atoms with Crippen LogP contribution < -0.4 is 9.47 Å². The molecule has 0 saturated carbocycles. The molecule has 7 heteroatoms. The molecule has 1 aromatic carbocycles. The minimum absolute atomic E-state index is 0.0228. The van der Waals surface area contributed by atoms with Gasteiger partial charge in [-0.3, -0.25) is 4.79 Å². The van der Waals surface area contributed by atoms with Crippen LogP contribution >= 0.6 is 0 Å². The molecule has 2 aliphatic heterocycles. The highest BCUT2D eigenvalue weighted by Crippen LogP contribution is 2.24. The van der Waals surface area contributed by atoms with Crippen molar-refractivity contribution >= 4 is 15.7 Å². The summed E-state index contributed by atoms with van der Waals surface area (Å²) < 4.78 is 33.9. The normalized spacial score (nSPS) is 22.8. The fraction of sp³-hybridized carbons (Fsp3) is 0.500. The maximum atomic E-state index is 12.3. The lowest BCUT2D eigenvalue weighted by Crippen LogP contribution is -2.42. The van der Waals surface area contributed by atoms with Crippen LogP contribution in [0.3, 0.4) is 0 Å². The van der Waals surface area contributed by atoms with Gasteiger partial charge < -0.3 is 14.4 Å². The summed E-state index contributed by atoms with van der Waals surface area (Å²) in [5, 5.41) is 1.22. The molecule has 1 aromatic rings. The Labute approximate surface area is 148 Å². The van der Waals surface area contributed by atoms with E-state index in [1.54, 1.807) is 13.2 Å². The number of amides is 1. The van der Waals surface area contributed by atoms with Crippen molar-refractivity contribution in [1.82, 2.24) is 4.90 Å². The first-order valence-electron chi connectivity index (χ1n) is 8.44. The number of carbonyl (C=O) groups excluding carboxylic acids is 1. The van der Waals surface area contributed by atoms with Crippen LogP contribution in [0.15, 0.2) is 35.7 Å². The molecule has 0 bridgehead atoms. The Balaban J connectivity index is 1.45. The highest BCUT2D eigenvalue weighted by Gasteiger charge is 2.28. The number of hydrogen-bond donors (Lipinski definition) is 0. The van der Waals surface area contributed by atoms with Crippen molar-refractivity contribution in [1.29, 1.82) is 0 Å². The van der Waals surface area contributed by atoms with Crippen LogP contribution in [0, 0.1) is 5.92 Å². The van der Waals surface area contributed by atoms with Crippen LogP contribution in [0.2, 0.25) is 0 Å². The van der Waals surface area contributed by atoms with E-state index in [0.717, 1.165) is 24.3 Å². The van der Waals surface area contributed by atoms with Crippen molar-refractivity contribution in [2.75, 3.05) is 26.0 Å². The van der Waals surface area contributed by atoms with Crippen molar-refractivity contribution in [3.63, 3.8) is 0 Å². The van der Waals surface area contributed by atoms with Crippen LogP contribution in [0.4, 0.5) is 0 Å². The molecular formula is C18H23NO5S. The lowest BCUT2D eigenvalue weighted by atomic mass is 10.0. The minimum Gasteiger partial charge on any atom is -0.497 e. The van der Waals surface area contributed by atoms with Gasteiger partial charge in [0.25, 0.3) is 0 Å². The predicted molar refractivity (Wildman–Crippen MR) is 94.3 cm³/mol. The van der Waals surface area contributed by atoms with E-state index in [4.69, 9.17) is 9.47 Å². The molecule has 2 heterocycles. The molecule has 25 heavy (non-hydrogen) atoms. The molecule has 0 N–H and O–H groups in total. The molecule has 6 nitrogen and oxygen atoms in total. The van der Waals surface area contributed by atoms with Crippen molar-refractivity contribution in [3.8, 4) is 11.5 Å². The lowest BCUT2D eigenvalue weighted by molar-refractivity contribution is -0.133. The minimum atomic E-state index is -3.10. The van der Waals surface area contributed by atoms with Crippen LogP contribution in [-0.4, -0.2) is 51.3 Å². The molecule has 3 rings (SSSR count). The number of ether oxygens (including phenoxy) is 2. The second-order valence-electron chi connectivity index (χ2n) is 6.50. The Morgan fingerprint density at radius 3 is 2.36 bits per heavy atom. The number of benzene rings is 1. The van der Waals surface area contributed by atoms with E-state index in [0.29, 0.717) is 13.1 Å². The first-order valence-corrected chi connectivity index (χ1v) is 10.2. The van der Waals surface area contributed by atoms with Gasteiger partial charge >= 0.3 is 0 Å². The summed E-state index contributed by atoms with van der Waals surface area (Å²) in [7, 11) is -1.48. The zero-order valence-corrected chi connectivity index (χ0v) is 15.1. The van der Waals surface area contributed by atoms with E-state index in [9.17, 15) is 13.2 Å². The first kappa shape index (κ1) is 17.8. The third-order valence-electron chi connectivity index (χ3n) is 4.60. The van der Waals surface area contributed by atoms with Crippen LogP contribution in [0.5, 0.6) is 11.5 Å². The Morgan fingerprint density at radius 2 is 1.80 bits per heavy atom. The maximum Gasteiger partial charge on any atom is 0.223 e. The van der Waals surface area contributed by atoms with Crippen molar-refractivity contribution in [3.05, 3.63) is 35.7 Å². The number of hydrogen-bond acceptors (Lipinski definition) is 5. The fourth-order valence-corrected chi connectivity index (χ4v) is 4.59. The summed E-state index contributed by atoms with van der Waals surface area (Å²) in [4.78, 5) is 14.2. The summed E-state index contributed by atoms with van der Waals surface area (Å²) in [6, 6.07) is 7.47. The van der Waals surface area contributed by atoms with Gasteiger partial charge in [0.1, 0.15) is 17.6 Å². The van der Waals surface area contributed by atoms with Gasteiger partial charge in [0.2, 0.25) is 5.91 Å². The van der Waals surface area contributed by atoms with Crippen molar-refractivity contribution in [2.45, 2.75) is 25.4 Å². The number of rotatable bonds is 5. The second kappa shape index (κ2) is 7.47. The highest BCUT2D eigenvalue weighted by atomic mass is 32.2. The summed E-state index contributed by atoms with van der Waals surface area (Å²) in [5.74, 6) is 1.47. The molecule has 1 amide bonds. The van der Waals surface area contributed by atoms with Crippen molar-refractivity contribution in [2.24, 2.45) is 5.92 Å². The predicted octanol–water partition coefficient (Wildman–Crippen LogP) is 2.01. The second-order valence-corrected chi connectivity index (χ2v) is 8.43. The zero-order valence-electron chi connectivity index (χ0n) is 14.3.